The van der Waals surface area contributed by atoms with Crippen molar-refractivity contribution in [3.63, 3.8) is 0 Å². The molecule has 5 nitrogen and oxygen atoms in total. The summed E-state index contributed by atoms with van der Waals surface area (Å²) in [6.45, 7) is 6.00. The van der Waals surface area contributed by atoms with E-state index in [1.807, 2.05) is 13.8 Å². The number of rotatable bonds is 8. The van der Waals surface area contributed by atoms with Crippen LogP contribution in [-0.4, -0.2) is 37.4 Å². The van der Waals surface area contributed by atoms with E-state index < -0.39 is 11.9 Å². The first kappa shape index (κ1) is 15.1. The second kappa shape index (κ2) is 7.38. The standard InChI is InChI=1S/C11H20O5/c1-5-15-11(14-4,16-6-2)8-7-9(3)10(12)13/h7H,5-6,8H2,1-4H3,(H,12,13). The molecular formula is C11H20O5. The number of ether oxygens (including phenoxy) is 3. The van der Waals surface area contributed by atoms with Crippen molar-refractivity contribution in [2.24, 2.45) is 0 Å². The van der Waals surface area contributed by atoms with Gasteiger partial charge in [0.25, 0.3) is 5.97 Å². The zero-order valence-corrected chi connectivity index (χ0v) is 10.3. The molecule has 0 unspecified atom stereocenters. The van der Waals surface area contributed by atoms with Gasteiger partial charge in [-0.2, -0.15) is 0 Å². The highest BCUT2D eigenvalue weighted by atomic mass is 16.9. The van der Waals surface area contributed by atoms with Gasteiger partial charge in [-0.25, -0.2) is 4.79 Å². The van der Waals surface area contributed by atoms with Crippen LogP contribution in [0.2, 0.25) is 0 Å². The van der Waals surface area contributed by atoms with Crippen LogP contribution in [0, 0.1) is 0 Å². The fraction of sp³-hybridized carbons (Fsp3) is 0.727. The molecule has 5 heteroatoms. The van der Waals surface area contributed by atoms with E-state index in [1.54, 1.807) is 0 Å². The Hall–Kier alpha value is -0.910. The zero-order chi connectivity index (χ0) is 12.6. The molecule has 0 fully saturated rings. The molecule has 0 spiro atoms. The molecule has 0 amide bonds. The summed E-state index contributed by atoms with van der Waals surface area (Å²) in [5.74, 6) is -2.14. The number of carbonyl (C=O) groups is 1. The van der Waals surface area contributed by atoms with Gasteiger partial charge in [-0.3, -0.25) is 0 Å². The average Bonchev–Trinajstić information content (AvgIpc) is 2.25. The van der Waals surface area contributed by atoms with E-state index >= 15 is 0 Å². The topological polar surface area (TPSA) is 65.0 Å². The Labute approximate surface area is 96.0 Å². The third-order valence-corrected chi connectivity index (χ3v) is 2.04. The maximum absolute atomic E-state index is 10.6. The lowest BCUT2D eigenvalue weighted by Gasteiger charge is -2.30. The number of hydrogen-bond acceptors (Lipinski definition) is 4. The van der Waals surface area contributed by atoms with Gasteiger partial charge in [0, 0.05) is 32.3 Å². The third kappa shape index (κ3) is 4.74. The van der Waals surface area contributed by atoms with Gasteiger partial charge >= 0.3 is 5.97 Å². The molecule has 0 aromatic heterocycles. The van der Waals surface area contributed by atoms with Crippen molar-refractivity contribution < 1.29 is 24.1 Å². The largest absolute Gasteiger partial charge is 0.478 e. The summed E-state index contributed by atoms with van der Waals surface area (Å²) in [5.41, 5.74) is 0.237. The van der Waals surface area contributed by atoms with Crippen molar-refractivity contribution in [2.45, 2.75) is 33.2 Å². The number of hydrogen-bond donors (Lipinski definition) is 1. The highest BCUT2D eigenvalue weighted by Crippen LogP contribution is 2.20. The number of methoxy groups -OCH3 is 1. The number of carboxylic acids is 1. The fourth-order valence-electron chi connectivity index (χ4n) is 1.17. The minimum atomic E-state index is -1.18. The van der Waals surface area contributed by atoms with Crippen LogP contribution in [0.15, 0.2) is 11.6 Å². The lowest BCUT2D eigenvalue weighted by atomic mass is 10.2. The van der Waals surface area contributed by atoms with Gasteiger partial charge in [0.05, 0.1) is 0 Å². The predicted octanol–water partition coefficient (Wildman–Crippen LogP) is 1.78. The minimum absolute atomic E-state index is 0.237. The molecular weight excluding hydrogens is 212 g/mol. The summed E-state index contributed by atoms with van der Waals surface area (Å²) in [4.78, 5) is 10.6. The quantitative estimate of drug-likeness (QED) is 0.510. The Morgan fingerprint density at radius 2 is 1.81 bits per heavy atom. The van der Waals surface area contributed by atoms with Crippen molar-refractivity contribution >= 4 is 5.97 Å². The summed E-state index contributed by atoms with van der Waals surface area (Å²) < 4.78 is 15.9. The van der Waals surface area contributed by atoms with Gasteiger partial charge in [-0.05, 0) is 20.8 Å². The summed E-state index contributed by atoms with van der Waals surface area (Å²) >= 11 is 0. The molecule has 1 N–H and O–H groups in total. The van der Waals surface area contributed by atoms with Crippen molar-refractivity contribution in [2.75, 3.05) is 20.3 Å². The van der Waals surface area contributed by atoms with Crippen LogP contribution in [0.1, 0.15) is 27.2 Å². The normalized spacial score (nSPS) is 12.9. The lowest BCUT2D eigenvalue weighted by Crippen LogP contribution is -2.38. The van der Waals surface area contributed by atoms with Crippen molar-refractivity contribution in [3.05, 3.63) is 11.6 Å². The van der Waals surface area contributed by atoms with Gasteiger partial charge in [-0.15, -0.1) is 0 Å². The highest BCUT2D eigenvalue weighted by Gasteiger charge is 2.30. The molecule has 0 atom stereocenters. The van der Waals surface area contributed by atoms with E-state index in [1.165, 1.54) is 20.1 Å². The minimum Gasteiger partial charge on any atom is -0.478 e. The molecule has 94 valence electrons. The third-order valence-electron chi connectivity index (χ3n) is 2.04. The second-order valence-electron chi connectivity index (χ2n) is 3.15. The van der Waals surface area contributed by atoms with Crippen molar-refractivity contribution in [3.8, 4) is 0 Å². The van der Waals surface area contributed by atoms with Crippen molar-refractivity contribution in [1.29, 1.82) is 0 Å². The Morgan fingerprint density at radius 3 is 2.12 bits per heavy atom. The van der Waals surface area contributed by atoms with E-state index in [9.17, 15) is 4.79 Å². The van der Waals surface area contributed by atoms with E-state index in [4.69, 9.17) is 19.3 Å². The number of carboxylic acid groups (broad SMARTS) is 1. The molecule has 0 aliphatic heterocycles. The van der Waals surface area contributed by atoms with E-state index in [2.05, 4.69) is 0 Å². The van der Waals surface area contributed by atoms with Crippen LogP contribution in [0.25, 0.3) is 0 Å². The van der Waals surface area contributed by atoms with Crippen molar-refractivity contribution in [1.82, 2.24) is 0 Å². The first-order valence-corrected chi connectivity index (χ1v) is 5.24. The molecule has 0 bridgehead atoms. The lowest BCUT2D eigenvalue weighted by molar-refractivity contribution is -0.366. The van der Waals surface area contributed by atoms with Crippen LogP contribution in [0.4, 0.5) is 0 Å². The van der Waals surface area contributed by atoms with Crippen LogP contribution < -0.4 is 0 Å². The molecule has 0 aliphatic carbocycles. The maximum atomic E-state index is 10.6. The molecule has 16 heavy (non-hydrogen) atoms. The molecule has 0 aliphatic rings. The van der Waals surface area contributed by atoms with E-state index in [-0.39, 0.29) is 12.0 Å². The Morgan fingerprint density at radius 1 is 1.31 bits per heavy atom. The highest BCUT2D eigenvalue weighted by molar-refractivity contribution is 5.85. The molecule has 0 saturated heterocycles. The average molecular weight is 232 g/mol. The first-order chi connectivity index (χ1) is 7.51. The summed E-state index contributed by atoms with van der Waals surface area (Å²) in [7, 11) is 1.47. The van der Waals surface area contributed by atoms with E-state index in [0.717, 1.165) is 0 Å². The Kier molecular flexibility index (Phi) is 6.96. The summed E-state index contributed by atoms with van der Waals surface area (Å²) in [5, 5.41) is 8.72. The van der Waals surface area contributed by atoms with E-state index in [0.29, 0.717) is 13.2 Å². The number of aliphatic carboxylic acids is 1. The predicted molar refractivity (Wildman–Crippen MR) is 59.0 cm³/mol. The van der Waals surface area contributed by atoms with Gasteiger partial charge in [0.15, 0.2) is 0 Å². The van der Waals surface area contributed by atoms with Gasteiger partial charge < -0.3 is 19.3 Å². The van der Waals surface area contributed by atoms with Gasteiger partial charge in [-0.1, -0.05) is 6.08 Å². The monoisotopic (exact) mass is 232 g/mol. The molecule has 0 heterocycles. The summed E-state index contributed by atoms with van der Waals surface area (Å²) in [6, 6.07) is 0. The maximum Gasteiger partial charge on any atom is 0.330 e. The molecule has 0 aromatic rings. The first-order valence-electron chi connectivity index (χ1n) is 5.24. The van der Waals surface area contributed by atoms with Crippen LogP contribution in [-0.2, 0) is 19.0 Å². The molecule has 0 aromatic carbocycles. The van der Waals surface area contributed by atoms with Crippen LogP contribution in [0.3, 0.4) is 0 Å². The summed E-state index contributed by atoms with van der Waals surface area (Å²) in [6.07, 6.45) is 1.76. The van der Waals surface area contributed by atoms with Gasteiger partial charge in [0.2, 0.25) is 0 Å². The smallest absolute Gasteiger partial charge is 0.330 e. The SMILES string of the molecule is CCOC(CC=C(C)C(=O)O)(OC)OCC. The van der Waals surface area contributed by atoms with Crippen LogP contribution in [0.5, 0.6) is 0 Å². The molecule has 0 radical (unpaired) electrons. The Balaban J connectivity index is 4.64. The second-order valence-corrected chi connectivity index (χ2v) is 3.15. The molecule has 0 rings (SSSR count). The fourth-order valence-corrected chi connectivity index (χ4v) is 1.17. The zero-order valence-electron chi connectivity index (χ0n) is 10.3. The molecule has 0 saturated carbocycles. The Bertz CT molecular complexity index is 241. The van der Waals surface area contributed by atoms with Crippen LogP contribution >= 0.6 is 0 Å². The van der Waals surface area contributed by atoms with Gasteiger partial charge in [0.1, 0.15) is 0 Å².